The summed E-state index contributed by atoms with van der Waals surface area (Å²) < 4.78 is 36.5. The van der Waals surface area contributed by atoms with E-state index in [-0.39, 0.29) is 24.8 Å². The number of carbonyl (C=O) groups excluding carboxylic acids is 1. The van der Waals surface area contributed by atoms with Gasteiger partial charge in [0.2, 0.25) is 6.29 Å². The molecule has 0 spiro atoms. The van der Waals surface area contributed by atoms with E-state index in [2.05, 4.69) is 0 Å². The topological polar surface area (TPSA) is 42.0 Å². The van der Waals surface area contributed by atoms with E-state index < -0.39 is 12.5 Å². The third-order valence-electron chi connectivity index (χ3n) is 3.48. The minimum atomic E-state index is -2.73. The summed E-state index contributed by atoms with van der Waals surface area (Å²) in [6, 6.07) is -0.654. The van der Waals surface area contributed by atoms with Gasteiger partial charge in [-0.05, 0) is 0 Å². The van der Waals surface area contributed by atoms with Crippen molar-refractivity contribution in [1.82, 2.24) is 9.80 Å². The highest BCUT2D eigenvalue weighted by Gasteiger charge is 2.52. The minimum absolute atomic E-state index is 0.229. The summed E-state index contributed by atoms with van der Waals surface area (Å²) in [5.41, 5.74) is 0. The zero-order chi connectivity index (χ0) is 12.8. The van der Waals surface area contributed by atoms with E-state index in [1.807, 2.05) is 0 Å². The van der Waals surface area contributed by atoms with Crippen LogP contribution in [0.3, 0.4) is 0 Å². The van der Waals surface area contributed by atoms with Crippen molar-refractivity contribution >= 4 is 6.03 Å². The number of urea groups is 1. The molecular weight excluding hydrogens is 246 g/mol. The maximum Gasteiger partial charge on any atom is 0.320 e. The van der Waals surface area contributed by atoms with Crippen LogP contribution >= 0.6 is 0 Å². The van der Waals surface area contributed by atoms with E-state index in [1.54, 1.807) is 4.90 Å². The third-order valence-corrected chi connectivity index (χ3v) is 3.48. The van der Waals surface area contributed by atoms with Crippen LogP contribution < -0.4 is 0 Å². The van der Waals surface area contributed by atoms with Crippen LogP contribution in [0, 0.1) is 0 Å². The largest absolute Gasteiger partial charge is 0.459 e. The quantitative estimate of drug-likeness (QED) is 0.769. The standard InChI is InChI=1S/C11H14F2N2O3/c12-11(13)5-8-6-14(10(16)15(8)7-11)2-1-9-17-3-4-18-9/h3-4,8-9H,1-2,5-7H2/t8-/m0/s1. The fourth-order valence-electron chi connectivity index (χ4n) is 2.65. The molecule has 3 aliphatic heterocycles. The molecule has 0 unspecified atom stereocenters. The lowest BCUT2D eigenvalue weighted by atomic mass is 10.2. The Morgan fingerprint density at radius 2 is 2.11 bits per heavy atom. The van der Waals surface area contributed by atoms with Crippen molar-refractivity contribution in [3.05, 3.63) is 12.5 Å². The molecule has 0 aromatic heterocycles. The molecule has 3 aliphatic rings. The lowest BCUT2D eigenvalue weighted by Crippen LogP contribution is -2.36. The third kappa shape index (κ3) is 1.97. The molecule has 0 radical (unpaired) electrons. The predicted octanol–water partition coefficient (Wildman–Crippen LogP) is 1.37. The second-order valence-corrected chi connectivity index (χ2v) is 4.83. The SMILES string of the molecule is O=C1N(CCC2OC=CO2)C[C@@H]2CC(F)(F)CN12. The first-order valence-electron chi connectivity index (χ1n) is 5.94. The molecule has 0 N–H and O–H groups in total. The normalized spacial score (nSPS) is 29.7. The molecule has 18 heavy (non-hydrogen) atoms. The van der Waals surface area contributed by atoms with E-state index in [4.69, 9.17) is 9.47 Å². The van der Waals surface area contributed by atoms with Crippen molar-refractivity contribution in [2.45, 2.75) is 31.1 Å². The van der Waals surface area contributed by atoms with Crippen LogP contribution in [0.15, 0.2) is 12.5 Å². The Kier molecular flexibility index (Phi) is 2.57. The number of alkyl halides is 2. The van der Waals surface area contributed by atoms with Crippen molar-refractivity contribution in [2.24, 2.45) is 0 Å². The van der Waals surface area contributed by atoms with E-state index >= 15 is 0 Å². The molecule has 100 valence electrons. The van der Waals surface area contributed by atoms with Gasteiger partial charge in [-0.1, -0.05) is 0 Å². The van der Waals surface area contributed by atoms with Crippen molar-refractivity contribution in [2.75, 3.05) is 19.6 Å². The van der Waals surface area contributed by atoms with Crippen LogP contribution in [-0.4, -0.2) is 53.7 Å². The average molecular weight is 260 g/mol. The lowest BCUT2D eigenvalue weighted by molar-refractivity contribution is -0.0318. The van der Waals surface area contributed by atoms with Gasteiger partial charge in [0.05, 0.1) is 12.6 Å². The summed E-state index contributed by atoms with van der Waals surface area (Å²) in [6.45, 7) is 0.378. The Morgan fingerprint density at radius 3 is 2.78 bits per heavy atom. The molecule has 0 bridgehead atoms. The molecule has 5 nitrogen and oxygen atoms in total. The molecule has 1 atom stereocenters. The smallest absolute Gasteiger partial charge is 0.320 e. The van der Waals surface area contributed by atoms with E-state index in [0.29, 0.717) is 19.5 Å². The van der Waals surface area contributed by atoms with Gasteiger partial charge in [-0.3, -0.25) is 0 Å². The predicted molar refractivity (Wildman–Crippen MR) is 56.7 cm³/mol. The first-order valence-corrected chi connectivity index (χ1v) is 5.94. The number of carbonyl (C=O) groups is 1. The van der Waals surface area contributed by atoms with Gasteiger partial charge in [0.25, 0.3) is 5.92 Å². The summed E-state index contributed by atoms with van der Waals surface area (Å²) in [5.74, 6) is -2.73. The van der Waals surface area contributed by atoms with Gasteiger partial charge in [-0.2, -0.15) is 0 Å². The number of rotatable bonds is 3. The molecule has 7 heteroatoms. The Morgan fingerprint density at radius 1 is 1.39 bits per heavy atom. The van der Waals surface area contributed by atoms with Crippen LogP contribution in [0.2, 0.25) is 0 Å². The van der Waals surface area contributed by atoms with Gasteiger partial charge in [0, 0.05) is 25.9 Å². The fourth-order valence-corrected chi connectivity index (χ4v) is 2.65. The molecule has 0 aromatic rings. The highest BCUT2D eigenvalue weighted by atomic mass is 19.3. The zero-order valence-electron chi connectivity index (χ0n) is 9.72. The first-order chi connectivity index (χ1) is 8.55. The Hall–Kier alpha value is -1.53. The summed E-state index contributed by atoms with van der Waals surface area (Å²) in [6.07, 6.45) is 2.85. The van der Waals surface area contributed by atoms with Crippen molar-refractivity contribution in [1.29, 1.82) is 0 Å². The highest BCUT2D eigenvalue weighted by molar-refractivity contribution is 5.77. The van der Waals surface area contributed by atoms with Crippen LogP contribution in [0.25, 0.3) is 0 Å². The van der Waals surface area contributed by atoms with Gasteiger partial charge in [0.15, 0.2) is 0 Å². The Bertz CT molecular complexity index is 380. The number of ether oxygens (including phenoxy) is 2. The number of nitrogens with zero attached hydrogens (tertiary/aromatic N) is 2. The number of fused-ring (bicyclic) bond motifs is 1. The fraction of sp³-hybridized carbons (Fsp3) is 0.727. The Labute approximate surface area is 103 Å². The molecule has 0 saturated carbocycles. The number of halogens is 2. The zero-order valence-corrected chi connectivity index (χ0v) is 9.72. The molecule has 3 heterocycles. The first kappa shape index (κ1) is 11.6. The van der Waals surface area contributed by atoms with Crippen LogP contribution in [0.1, 0.15) is 12.8 Å². The second-order valence-electron chi connectivity index (χ2n) is 4.83. The molecule has 2 amide bonds. The van der Waals surface area contributed by atoms with E-state index in [9.17, 15) is 13.6 Å². The van der Waals surface area contributed by atoms with Crippen LogP contribution in [-0.2, 0) is 9.47 Å². The summed E-state index contributed by atoms with van der Waals surface area (Å²) in [4.78, 5) is 14.8. The van der Waals surface area contributed by atoms with Gasteiger partial charge in [0.1, 0.15) is 12.5 Å². The van der Waals surface area contributed by atoms with Crippen molar-refractivity contribution in [3.63, 3.8) is 0 Å². The van der Waals surface area contributed by atoms with E-state index in [1.165, 1.54) is 17.4 Å². The number of hydrogen-bond donors (Lipinski definition) is 0. The molecule has 2 fully saturated rings. The van der Waals surface area contributed by atoms with Crippen molar-refractivity contribution in [3.8, 4) is 0 Å². The van der Waals surface area contributed by atoms with Crippen molar-refractivity contribution < 1.29 is 23.0 Å². The summed E-state index contributed by atoms with van der Waals surface area (Å²) in [5, 5.41) is 0. The number of amides is 2. The summed E-state index contributed by atoms with van der Waals surface area (Å²) >= 11 is 0. The summed E-state index contributed by atoms with van der Waals surface area (Å²) in [7, 11) is 0. The molecule has 0 aromatic carbocycles. The number of hydrogen-bond acceptors (Lipinski definition) is 3. The Balaban J connectivity index is 1.53. The lowest BCUT2D eigenvalue weighted by Gasteiger charge is -2.20. The van der Waals surface area contributed by atoms with Gasteiger partial charge < -0.3 is 19.3 Å². The van der Waals surface area contributed by atoms with Gasteiger partial charge in [-0.25, -0.2) is 13.6 Å². The van der Waals surface area contributed by atoms with E-state index in [0.717, 1.165) is 0 Å². The highest BCUT2D eigenvalue weighted by Crippen LogP contribution is 2.36. The molecule has 2 saturated heterocycles. The van der Waals surface area contributed by atoms with Crippen LogP contribution in [0.4, 0.5) is 13.6 Å². The van der Waals surface area contributed by atoms with Gasteiger partial charge >= 0.3 is 6.03 Å². The molecule has 3 rings (SSSR count). The second kappa shape index (κ2) is 4.00. The monoisotopic (exact) mass is 260 g/mol. The minimum Gasteiger partial charge on any atom is -0.459 e. The van der Waals surface area contributed by atoms with Crippen LogP contribution in [0.5, 0.6) is 0 Å². The molecular formula is C11H14F2N2O3. The maximum atomic E-state index is 13.1. The van der Waals surface area contributed by atoms with Gasteiger partial charge in [-0.15, -0.1) is 0 Å². The molecule has 0 aliphatic carbocycles. The maximum absolute atomic E-state index is 13.1. The average Bonchev–Trinajstić information content (AvgIpc) is 2.95.